The lowest BCUT2D eigenvalue weighted by molar-refractivity contribution is 0.0950. The van der Waals surface area contributed by atoms with E-state index in [1.165, 1.54) is 45.3 Å². The van der Waals surface area contributed by atoms with E-state index in [-0.39, 0.29) is 17.9 Å². The number of hydrogen-bond donors (Lipinski definition) is 3. The number of hydrogen-bond acceptors (Lipinski definition) is 5. The largest absolute Gasteiger partial charge is 0.482 e. The second kappa shape index (κ2) is 14.1. The van der Waals surface area contributed by atoms with E-state index >= 15 is 0 Å². The van der Waals surface area contributed by atoms with Crippen LogP contribution in [0.4, 0.5) is 5.69 Å². The lowest BCUT2D eigenvalue weighted by Gasteiger charge is -2.27. The maximum atomic E-state index is 12.6. The van der Waals surface area contributed by atoms with Gasteiger partial charge in [-0.3, -0.25) is 9.59 Å². The maximum absolute atomic E-state index is 12.6. The molecule has 1 aromatic heterocycles. The highest BCUT2D eigenvalue weighted by Crippen LogP contribution is 2.25. The van der Waals surface area contributed by atoms with E-state index in [0.717, 1.165) is 29.5 Å². The molecule has 0 spiro atoms. The molecule has 7 nitrogen and oxygen atoms in total. The maximum Gasteiger partial charge on any atom is 0.251 e. The van der Waals surface area contributed by atoms with Crippen LogP contribution >= 0.6 is 11.6 Å². The third kappa shape index (κ3) is 8.29. The highest BCUT2D eigenvalue weighted by molar-refractivity contribution is 6.31. The van der Waals surface area contributed by atoms with Crippen LogP contribution in [0.15, 0.2) is 23.0 Å². The molecule has 1 heterocycles. The number of ether oxygens (including phenoxy) is 1. The van der Waals surface area contributed by atoms with Crippen molar-refractivity contribution < 1.29 is 9.53 Å². The third-order valence-corrected chi connectivity index (χ3v) is 6.67. The third-order valence-electron chi connectivity index (χ3n) is 6.45. The summed E-state index contributed by atoms with van der Waals surface area (Å²) in [5.74, 6) is 0.0657. The number of anilines is 1. The van der Waals surface area contributed by atoms with Crippen molar-refractivity contribution in [2.45, 2.75) is 71.9 Å². The number of pyridine rings is 1. The number of benzene rings is 1. The number of halogens is 1. The second-order valence-corrected chi connectivity index (χ2v) is 9.55. The van der Waals surface area contributed by atoms with E-state index in [1.807, 2.05) is 20.8 Å². The molecule has 1 aliphatic carbocycles. The number of nitrogens with zero attached hydrogens (tertiary/aromatic N) is 1. The highest BCUT2D eigenvalue weighted by atomic mass is 35.5. The summed E-state index contributed by atoms with van der Waals surface area (Å²) in [5, 5.41) is 6.44. The molecule has 0 radical (unpaired) electrons. The summed E-state index contributed by atoms with van der Waals surface area (Å²) in [7, 11) is 5.87. The number of aromatic nitrogens is 1. The standard InChI is InChI=1S/C19H24ClN3O3.C8H17N/c1-5-13-9-17(24)15(19(23-13)26-4)10-22-18(25)14-7-12(20)8-16(11(14)3)21-6-2;1-9(2)8-6-4-3-5-7-8/h7-9,21H,5-6,10H2,1-4H3,(H,22,25)(H,23,24);8H,3-7H2,1-2H3. The molecule has 0 unspecified atom stereocenters. The Morgan fingerprint density at radius 3 is 2.40 bits per heavy atom. The van der Waals surface area contributed by atoms with Crippen LogP contribution < -0.4 is 20.8 Å². The van der Waals surface area contributed by atoms with Gasteiger partial charge in [0, 0.05) is 40.6 Å². The molecule has 0 atom stereocenters. The van der Waals surface area contributed by atoms with Gasteiger partial charge in [0.25, 0.3) is 5.91 Å². The number of H-pyrrole nitrogens is 1. The van der Waals surface area contributed by atoms with Gasteiger partial charge in [-0.1, -0.05) is 37.8 Å². The molecule has 1 amide bonds. The molecule has 0 bridgehead atoms. The van der Waals surface area contributed by atoms with E-state index in [1.54, 1.807) is 12.1 Å². The van der Waals surface area contributed by atoms with Crippen molar-refractivity contribution in [3.05, 3.63) is 55.8 Å². The summed E-state index contributed by atoms with van der Waals surface area (Å²) in [4.78, 5) is 30.4. The highest BCUT2D eigenvalue weighted by Gasteiger charge is 2.16. The van der Waals surface area contributed by atoms with Crippen molar-refractivity contribution in [2.24, 2.45) is 0 Å². The predicted octanol–water partition coefficient (Wildman–Crippen LogP) is 5.15. The fraction of sp³-hybridized carbons (Fsp3) is 0.556. The van der Waals surface area contributed by atoms with Crippen LogP contribution in [-0.4, -0.2) is 49.6 Å². The van der Waals surface area contributed by atoms with E-state index in [4.69, 9.17) is 16.3 Å². The summed E-state index contributed by atoms with van der Waals surface area (Å²) in [6.07, 6.45) is 7.89. The Morgan fingerprint density at radius 2 is 1.86 bits per heavy atom. The van der Waals surface area contributed by atoms with Gasteiger partial charge in [0.1, 0.15) is 0 Å². The van der Waals surface area contributed by atoms with Crippen LogP contribution in [0.2, 0.25) is 5.02 Å². The second-order valence-electron chi connectivity index (χ2n) is 9.12. The Kier molecular flexibility index (Phi) is 11.6. The van der Waals surface area contributed by atoms with Crippen LogP contribution in [0.3, 0.4) is 0 Å². The first-order valence-electron chi connectivity index (χ1n) is 12.5. The van der Waals surface area contributed by atoms with Crippen LogP contribution in [0.25, 0.3) is 0 Å². The van der Waals surface area contributed by atoms with E-state index in [2.05, 4.69) is 34.6 Å². The van der Waals surface area contributed by atoms with Gasteiger partial charge in [-0.05, 0) is 64.9 Å². The molecule has 194 valence electrons. The summed E-state index contributed by atoms with van der Waals surface area (Å²) < 4.78 is 5.26. The van der Waals surface area contributed by atoms with E-state index in [0.29, 0.717) is 28.5 Å². The van der Waals surface area contributed by atoms with Crippen LogP contribution in [0.1, 0.15) is 73.1 Å². The van der Waals surface area contributed by atoms with E-state index in [9.17, 15) is 9.59 Å². The molecule has 1 saturated carbocycles. The number of aryl methyl sites for hydroxylation is 1. The lowest BCUT2D eigenvalue weighted by Crippen LogP contribution is -2.29. The molecule has 0 aliphatic heterocycles. The van der Waals surface area contributed by atoms with E-state index < -0.39 is 0 Å². The number of amides is 1. The van der Waals surface area contributed by atoms with Gasteiger partial charge in [-0.25, -0.2) is 0 Å². The molecule has 3 rings (SSSR count). The van der Waals surface area contributed by atoms with Gasteiger partial charge < -0.3 is 25.3 Å². The van der Waals surface area contributed by atoms with Gasteiger partial charge in [0.15, 0.2) is 11.3 Å². The predicted molar refractivity (Wildman–Crippen MR) is 145 cm³/mol. The number of aromatic amines is 1. The normalized spacial score (nSPS) is 13.7. The Hall–Kier alpha value is -2.51. The molecule has 2 aromatic rings. The SMILES string of the molecule is CCNc1cc(Cl)cc(C(=O)NCc2c(OC)[nH]c(CC)cc2=O)c1C.CN(C)C1CCCCC1. The molecular weight excluding hydrogens is 464 g/mol. The van der Waals surface area contributed by atoms with Crippen molar-refractivity contribution in [1.29, 1.82) is 0 Å². The van der Waals surface area contributed by atoms with Crippen LogP contribution in [0.5, 0.6) is 5.88 Å². The van der Waals surface area contributed by atoms with Gasteiger partial charge in [-0.15, -0.1) is 0 Å². The Morgan fingerprint density at radius 1 is 1.17 bits per heavy atom. The van der Waals surface area contributed by atoms with Crippen molar-refractivity contribution in [3.63, 3.8) is 0 Å². The quantitative estimate of drug-likeness (QED) is 0.462. The number of carbonyl (C=O) groups is 1. The van der Waals surface area contributed by atoms with Gasteiger partial charge in [-0.2, -0.15) is 0 Å². The zero-order chi connectivity index (χ0) is 26.0. The van der Waals surface area contributed by atoms with Crippen molar-refractivity contribution in [1.82, 2.24) is 15.2 Å². The number of carbonyl (C=O) groups excluding carboxylic acids is 1. The summed E-state index contributed by atoms with van der Waals surface area (Å²) in [5.41, 5.74) is 3.07. The Labute approximate surface area is 214 Å². The molecule has 1 aromatic carbocycles. The van der Waals surface area contributed by atoms with Crippen molar-refractivity contribution in [3.8, 4) is 5.88 Å². The zero-order valence-electron chi connectivity index (χ0n) is 22.0. The molecule has 35 heavy (non-hydrogen) atoms. The smallest absolute Gasteiger partial charge is 0.251 e. The van der Waals surface area contributed by atoms with Crippen molar-refractivity contribution >= 4 is 23.2 Å². The molecule has 3 N–H and O–H groups in total. The van der Waals surface area contributed by atoms with Gasteiger partial charge >= 0.3 is 0 Å². The van der Waals surface area contributed by atoms with Gasteiger partial charge in [0.05, 0.1) is 19.2 Å². The minimum Gasteiger partial charge on any atom is -0.482 e. The topological polar surface area (TPSA) is 86.5 Å². The monoisotopic (exact) mass is 504 g/mol. The number of nitrogens with one attached hydrogen (secondary N) is 3. The summed E-state index contributed by atoms with van der Waals surface area (Å²) in [6.45, 7) is 6.55. The first-order valence-corrected chi connectivity index (χ1v) is 12.9. The lowest BCUT2D eigenvalue weighted by atomic mass is 9.95. The Balaban J connectivity index is 0.000000402. The molecule has 8 heteroatoms. The van der Waals surface area contributed by atoms with Crippen LogP contribution in [0, 0.1) is 6.92 Å². The van der Waals surface area contributed by atoms with Crippen molar-refractivity contribution in [2.75, 3.05) is 33.1 Å². The number of rotatable bonds is 8. The summed E-state index contributed by atoms with van der Waals surface area (Å²) in [6, 6.07) is 5.82. The molecule has 1 aliphatic rings. The van der Waals surface area contributed by atoms with Crippen LogP contribution in [-0.2, 0) is 13.0 Å². The van der Waals surface area contributed by atoms with Gasteiger partial charge in [0.2, 0.25) is 0 Å². The molecule has 0 saturated heterocycles. The average molecular weight is 505 g/mol. The average Bonchev–Trinajstić information content (AvgIpc) is 2.85. The minimum atomic E-state index is -0.301. The molecular formula is C27H41ClN4O3. The minimum absolute atomic E-state index is 0.0594. The zero-order valence-corrected chi connectivity index (χ0v) is 22.8. The fourth-order valence-corrected chi connectivity index (χ4v) is 4.52. The number of methoxy groups -OCH3 is 1. The summed E-state index contributed by atoms with van der Waals surface area (Å²) >= 11 is 6.13. The fourth-order valence-electron chi connectivity index (χ4n) is 4.30. The first-order chi connectivity index (χ1) is 16.7. The molecule has 1 fully saturated rings. The first kappa shape index (κ1) is 28.7. The Bertz CT molecular complexity index is 1030.